The molecule has 0 amide bonds. The summed E-state index contributed by atoms with van der Waals surface area (Å²) in [4.78, 5) is 21.5. The Hall–Kier alpha value is -1.90. The van der Waals surface area contributed by atoms with Gasteiger partial charge in [-0.2, -0.15) is 0 Å². The van der Waals surface area contributed by atoms with E-state index in [0.29, 0.717) is 5.75 Å². The van der Waals surface area contributed by atoms with E-state index in [9.17, 15) is 9.59 Å². The molecule has 72 valence electrons. The van der Waals surface area contributed by atoms with Crippen LogP contribution in [-0.2, 0) is 9.59 Å². The summed E-state index contributed by atoms with van der Waals surface area (Å²) >= 11 is 0. The van der Waals surface area contributed by atoms with Crippen molar-refractivity contribution in [3.8, 4) is 5.75 Å². The number of hydrogen-bond donors (Lipinski definition) is 0. The number of benzene rings is 1. The summed E-state index contributed by atoms with van der Waals surface area (Å²) in [5.41, 5.74) is 0.924. The van der Waals surface area contributed by atoms with E-state index < -0.39 is 11.8 Å². The first kappa shape index (κ1) is 10.2. The Bertz CT molecular complexity index is 363. The standard InChI is InChI=1S/C11H10O3/c1-3-9-4-6-10(7-5-9)14-11(13)8(2)12/h3-7H,1H2,2H3. The summed E-state index contributed by atoms with van der Waals surface area (Å²) in [5.74, 6) is -1.11. The van der Waals surface area contributed by atoms with Gasteiger partial charge in [0.1, 0.15) is 5.75 Å². The van der Waals surface area contributed by atoms with Crippen LogP contribution in [-0.4, -0.2) is 11.8 Å². The Morgan fingerprint density at radius 1 is 1.29 bits per heavy atom. The highest BCUT2D eigenvalue weighted by molar-refractivity contribution is 6.33. The van der Waals surface area contributed by atoms with Crippen molar-refractivity contribution in [1.82, 2.24) is 0 Å². The number of hydrogen-bond acceptors (Lipinski definition) is 3. The number of carbonyl (C=O) groups excluding carboxylic acids is 2. The molecule has 1 aromatic rings. The summed E-state index contributed by atoms with van der Waals surface area (Å²) in [6.07, 6.45) is 1.68. The SMILES string of the molecule is C=Cc1ccc(OC(=O)C(C)=O)cc1. The maximum absolute atomic E-state index is 10.9. The Balaban J connectivity index is 2.73. The minimum absolute atomic E-state index is 0.357. The van der Waals surface area contributed by atoms with Gasteiger partial charge >= 0.3 is 5.97 Å². The van der Waals surface area contributed by atoms with Crippen LogP contribution in [0.1, 0.15) is 12.5 Å². The molecule has 0 atom stereocenters. The Morgan fingerprint density at radius 3 is 2.29 bits per heavy atom. The third-order valence-electron chi connectivity index (χ3n) is 1.61. The van der Waals surface area contributed by atoms with Crippen LogP contribution in [0.2, 0.25) is 0 Å². The zero-order valence-electron chi connectivity index (χ0n) is 7.82. The monoisotopic (exact) mass is 190 g/mol. The van der Waals surface area contributed by atoms with Crippen LogP contribution in [0.4, 0.5) is 0 Å². The lowest BCUT2D eigenvalue weighted by atomic mass is 10.2. The van der Waals surface area contributed by atoms with Crippen molar-refractivity contribution in [2.45, 2.75) is 6.92 Å². The van der Waals surface area contributed by atoms with Gasteiger partial charge in [-0.15, -0.1) is 0 Å². The van der Waals surface area contributed by atoms with Crippen LogP contribution in [0.5, 0.6) is 5.75 Å². The second-order valence-electron chi connectivity index (χ2n) is 2.72. The molecule has 0 unspecified atom stereocenters. The molecule has 1 aromatic carbocycles. The van der Waals surface area contributed by atoms with Crippen LogP contribution in [0, 0.1) is 0 Å². The quantitative estimate of drug-likeness (QED) is 0.415. The Labute approximate surface area is 82.0 Å². The second-order valence-corrected chi connectivity index (χ2v) is 2.72. The molecule has 0 heterocycles. The van der Waals surface area contributed by atoms with E-state index in [2.05, 4.69) is 6.58 Å². The van der Waals surface area contributed by atoms with E-state index in [1.54, 1.807) is 30.3 Å². The predicted octanol–water partition coefficient (Wildman–Crippen LogP) is 1.82. The van der Waals surface area contributed by atoms with Crippen molar-refractivity contribution in [3.05, 3.63) is 36.4 Å². The Kier molecular flexibility index (Phi) is 3.18. The first-order valence-corrected chi connectivity index (χ1v) is 4.08. The van der Waals surface area contributed by atoms with Crippen molar-refractivity contribution in [1.29, 1.82) is 0 Å². The molecule has 0 aliphatic carbocycles. The zero-order valence-corrected chi connectivity index (χ0v) is 7.82. The smallest absolute Gasteiger partial charge is 0.379 e. The highest BCUT2D eigenvalue weighted by Crippen LogP contribution is 2.12. The third kappa shape index (κ3) is 2.55. The molecule has 0 spiro atoms. The number of esters is 1. The number of rotatable bonds is 3. The zero-order chi connectivity index (χ0) is 10.6. The highest BCUT2D eigenvalue weighted by atomic mass is 16.5. The summed E-state index contributed by atoms with van der Waals surface area (Å²) in [6, 6.07) is 6.71. The minimum atomic E-state index is -0.851. The molecule has 1 rings (SSSR count). The fourth-order valence-electron chi connectivity index (χ4n) is 0.851. The van der Waals surface area contributed by atoms with Crippen LogP contribution in [0.3, 0.4) is 0 Å². The summed E-state index contributed by atoms with van der Waals surface area (Å²) < 4.78 is 4.75. The molecule has 0 N–H and O–H groups in total. The highest BCUT2D eigenvalue weighted by Gasteiger charge is 2.09. The van der Waals surface area contributed by atoms with E-state index in [-0.39, 0.29) is 0 Å². The predicted molar refractivity (Wildman–Crippen MR) is 52.8 cm³/mol. The molecule has 0 saturated carbocycles. The van der Waals surface area contributed by atoms with Gasteiger partial charge in [0.05, 0.1) is 0 Å². The first-order chi connectivity index (χ1) is 6.63. The molecular formula is C11H10O3. The van der Waals surface area contributed by atoms with Crippen molar-refractivity contribution in [2.24, 2.45) is 0 Å². The van der Waals surface area contributed by atoms with Crippen LogP contribution < -0.4 is 4.74 Å². The van der Waals surface area contributed by atoms with Gasteiger partial charge < -0.3 is 4.74 Å². The van der Waals surface area contributed by atoms with Gasteiger partial charge in [0.15, 0.2) is 0 Å². The molecule has 0 aliphatic rings. The Morgan fingerprint density at radius 2 is 1.86 bits per heavy atom. The number of ketones is 1. The van der Waals surface area contributed by atoms with Crippen molar-refractivity contribution in [2.75, 3.05) is 0 Å². The molecule has 14 heavy (non-hydrogen) atoms. The van der Waals surface area contributed by atoms with Gasteiger partial charge in [-0.05, 0) is 17.7 Å². The van der Waals surface area contributed by atoms with Crippen LogP contribution in [0.15, 0.2) is 30.8 Å². The second kappa shape index (κ2) is 4.37. The first-order valence-electron chi connectivity index (χ1n) is 4.08. The lowest BCUT2D eigenvalue weighted by molar-refractivity contribution is -0.146. The van der Waals surface area contributed by atoms with Crippen molar-refractivity contribution >= 4 is 17.8 Å². The third-order valence-corrected chi connectivity index (χ3v) is 1.61. The summed E-state index contributed by atoms with van der Waals surface area (Å²) in [5, 5.41) is 0. The van der Waals surface area contributed by atoms with E-state index in [1.165, 1.54) is 6.92 Å². The molecule has 0 aliphatic heterocycles. The molecular weight excluding hydrogens is 180 g/mol. The maximum atomic E-state index is 10.9. The minimum Gasteiger partial charge on any atom is -0.421 e. The average molecular weight is 190 g/mol. The molecule has 0 aromatic heterocycles. The van der Waals surface area contributed by atoms with Crippen molar-refractivity contribution < 1.29 is 14.3 Å². The lowest BCUT2D eigenvalue weighted by Gasteiger charge is -2.01. The number of ether oxygens (including phenoxy) is 1. The van der Waals surface area contributed by atoms with Gasteiger partial charge in [-0.1, -0.05) is 24.8 Å². The topological polar surface area (TPSA) is 43.4 Å². The molecule has 0 fully saturated rings. The average Bonchev–Trinajstić information content (AvgIpc) is 2.19. The number of Topliss-reactive ketones (excluding diaryl/α,β-unsaturated/α-hetero) is 1. The van der Waals surface area contributed by atoms with Crippen molar-refractivity contribution in [3.63, 3.8) is 0 Å². The van der Waals surface area contributed by atoms with Crippen LogP contribution in [0.25, 0.3) is 6.08 Å². The van der Waals surface area contributed by atoms with Gasteiger partial charge in [0.25, 0.3) is 0 Å². The lowest BCUT2D eigenvalue weighted by Crippen LogP contribution is -2.16. The van der Waals surface area contributed by atoms with Gasteiger partial charge in [0, 0.05) is 6.92 Å². The van der Waals surface area contributed by atoms with Crippen LogP contribution >= 0.6 is 0 Å². The molecule has 0 radical (unpaired) electrons. The van der Waals surface area contributed by atoms with Gasteiger partial charge in [-0.25, -0.2) is 4.79 Å². The molecule has 0 saturated heterocycles. The fraction of sp³-hybridized carbons (Fsp3) is 0.0909. The molecule has 3 nitrogen and oxygen atoms in total. The summed E-state index contributed by atoms with van der Waals surface area (Å²) in [7, 11) is 0. The van der Waals surface area contributed by atoms with E-state index in [4.69, 9.17) is 4.74 Å². The molecule has 0 bridgehead atoms. The largest absolute Gasteiger partial charge is 0.421 e. The normalized spacial score (nSPS) is 9.21. The van der Waals surface area contributed by atoms with E-state index in [1.807, 2.05) is 0 Å². The number of carbonyl (C=O) groups is 2. The maximum Gasteiger partial charge on any atom is 0.379 e. The summed E-state index contributed by atoms with van der Waals surface area (Å²) in [6.45, 7) is 4.75. The van der Waals surface area contributed by atoms with Gasteiger partial charge in [0.2, 0.25) is 5.78 Å². The van der Waals surface area contributed by atoms with Gasteiger partial charge in [-0.3, -0.25) is 4.79 Å². The molecule has 3 heteroatoms. The fourth-order valence-corrected chi connectivity index (χ4v) is 0.851. The van der Waals surface area contributed by atoms with E-state index in [0.717, 1.165) is 5.56 Å². The van der Waals surface area contributed by atoms with E-state index >= 15 is 0 Å².